The van der Waals surface area contributed by atoms with Crippen molar-refractivity contribution in [1.29, 1.82) is 0 Å². The van der Waals surface area contributed by atoms with E-state index in [1.54, 1.807) is 35.8 Å². The smallest absolute Gasteiger partial charge is 0.377 e. The van der Waals surface area contributed by atoms with Gasteiger partial charge in [0.05, 0.1) is 17.6 Å². The maximum Gasteiger partial charge on any atom is 0.377 e. The first-order valence-electron chi connectivity index (χ1n) is 8.31. The van der Waals surface area contributed by atoms with E-state index in [0.29, 0.717) is 26.8 Å². The van der Waals surface area contributed by atoms with Gasteiger partial charge in [0.2, 0.25) is 0 Å². The normalized spacial score (nSPS) is 10.9. The number of aliphatic carboxylic acids is 1. The van der Waals surface area contributed by atoms with Crippen molar-refractivity contribution in [2.75, 3.05) is 0 Å². The van der Waals surface area contributed by atoms with Crippen LogP contribution in [0, 0.1) is 6.92 Å². The molecule has 0 aliphatic rings. The van der Waals surface area contributed by atoms with Crippen LogP contribution in [-0.2, 0) is 16.1 Å². The van der Waals surface area contributed by atoms with Crippen molar-refractivity contribution >= 4 is 57.5 Å². The van der Waals surface area contributed by atoms with Crippen LogP contribution in [0.1, 0.15) is 32.0 Å². The standard InChI is InChI=1S/C20H14Cl2N2O5/c1-9-15(18(26)19(23)27)16-10(17(25)20(28)29)4-2-7-14(16)24(9)8-11-12(21)5-3-6-13(11)22/h2-7H,8H2,1H3,(H2,23,27)(H,28,29). The zero-order valence-electron chi connectivity index (χ0n) is 15.0. The van der Waals surface area contributed by atoms with Crippen LogP contribution < -0.4 is 5.73 Å². The summed E-state index contributed by atoms with van der Waals surface area (Å²) < 4.78 is 1.64. The fourth-order valence-electron chi connectivity index (χ4n) is 3.28. The Bertz CT molecular complexity index is 1190. The molecule has 0 bridgehead atoms. The van der Waals surface area contributed by atoms with Crippen molar-refractivity contribution in [2.45, 2.75) is 13.5 Å². The summed E-state index contributed by atoms with van der Waals surface area (Å²) in [6.45, 7) is 1.69. The predicted molar refractivity (Wildman–Crippen MR) is 108 cm³/mol. The third-order valence-corrected chi connectivity index (χ3v) is 5.33. The van der Waals surface area contributed by atoms with E-state index >= 15 is 0 Å². The number of carbonyl (C=O) groups excluding carboxylic acids is 3. The first-order valence-corrected chi connectivity index (χ1v) is 9.07. The topological polar surface area (TPSA) is 119 Å². The number of nitrogens with zero attached hydrogens (tertiary/aromatic N) is 1. The Morgan fingerprint density at radius 1 is 1.00 bits per heavy atom. The van der Waals surface area contributed by atoms with E-state index in [2.05, 4.69) is 0 Å². The third kappa shape index (κ3) is 3.50. The lowest BCUT2D eigenvalue weighted by molar-refractivity contribution is -0.131. The molecule has 29 heavy (non-hydrogen) atoms. The SMILES string of the molecule is Cc1c(C(=O)C(N)=O)c2c(C(=O)C(=O)O)cccc2n1Cc1c(Cl)cccc1Cl. The van der Waals surface area contributed by atoms with Crippen molar-refractivity contribution in [3.8, 4) is 0 Å². The van der Waals surface area contributed by atoms with E-state index in [0.717, 1.165) is 0 Å². The van der Waals surface area contributed by atoms with Gasteiger partial charge < -0.3 is 15.4 Å². The van der Waals surface area contributed by atoms with E-state index in [-0.39, 0.29) is 23.1 Å². The lowest BCUT2D eigenvalue weighted by Crippen LogP contribution is -2.24. The zero-order chi connectivity index (χ0) is 21.5. The zero-order valence-corrected chi connectivity index (χ0v) is 16.5. The number of nitrogens with two attached hydrogens (primary N) is 1. The molecule has 7 nitrogen and oxygen atoms in total. The molecule has 0 radical (unpaired) electrons. The molecule has 2 aromatic carbocycles. The molecule has 0 aliphatic heterocycles. The number of primary amides is 1. The molecule has 0 fully saturated rings. The minimum absolute atomic E-state index is 0.0457. The predicted octanol–water partition coefficient (Wildman–Crippen LogP) is 3.24. The average molecular weight is 433 g/mol. The first kappa shape index (κ1) is 20.6. The van der Waals surface area contributed by atoms with E-state index in [4.69, 9.17) is 34.0 Å². The second kappa shape index (κ2) is 7.69. The number of hydrogen-bond acceptors (Lipinski definition) is 4. The number of carboxylic acids is 1. The Morgan fingerprint density at radius 3 is 2.14 bits per heavy atom. The van der Waals surface area contributed by atoms with Gasteiger partial charge in [0.25, 0.3) is 17.5 Å². The van der Waals surface area contributed by atoms with E-state index in [1.165, 1.54) is 12.1 Å². The van der Waals surface area contributed by atoms with Crippen molar-refractivity contribution in [2.24, 2.45) is 5.73 Å². The molecule has 0 saturated carbocycles. The Balaban J connectivity index is 2.38. The lowest BCUT2D eigenvalue weighted by Gasteiger charge is -2.12. The Hall–Kier alpha value is -3.16. The van der Waals surface area contributed by atoms with E-state index in [1.807, 2.05) is 0 Å². The number of carbonyl (C=O) groups is 4. The third-order valence-electron chi connectivity index (χ3n) is 4.62. The van der Waals surface area contributed by atoms with E-state index < -0.39 is 23.4 Å². The summed E-state index contributed by atoms with van der Waals surface area (Å²) in [6, 6.07) is 9.35. The van der Waals surface area contributed by atoms with Gasteiger partial charge >= 0.3 is 5.97 Å². The van der Waals surface area contributed by atoms with Crippen molar-refractivity contribution in [3.05, 3.63) is 68.8 Å². The molecule has 0 spiro atoms. The van der Waals surface area contributed by atoms with Gasteiger partial charge in [-0.1, -0.05) is 35.3 Å². The second-order valence-electron chi connectivity index (χ2n) is 6.27. The van der Waals surface area contributed by atoms with Crippen LogP contribution in [0.3, 0.4) is 0 Å². The second-order valence-corrected chi connectivity index (χ2v) is 7.09. The van der Waals surface area contributed by atoms with Crippen LogP contribution in [0.4, 0.5) is 0 Å². The fourth-order valence-corrected chi connectivity index (χ4v) is 3.79. The lowest BCUT2D eigenvalue weighted by atomic mass is 9.99. The molecule has 0 atom stereocenters. The molecule has 0 aliphatic carbocycles. The molecule has 1 aromatic heterocycles. The molecule has 1 amide bonds. The van der Waals surface area contributed by atoms with Crippen molar-refractivity contribution in [3.63, 3.8) is 0 Å². The van der Waals surface area contributed by atoms with Crippen LogP contribution in [0.25, 0.3) is 10.9 Å². The summed E-state index contributed by atoms with van der Waals surface area (Å²) in [5.74, 6) is -5.14. The van der Waals surface area contributed by atoms with Crippen molar-refractivity contribution < 1.29 is 24.3 Å². The van der Waals surface area contributed by atoms with Gasteiger partial charge in [-0.15, -0.1) is 0 Å². The minimum atomic E-state index is -1.69. The highest BCUT2D eigenvalue weighted by molar-refractivity contribution is 6.48. The van der Waals surface area contributed by atoms with Crippen LogP contribution >= 0.6 is 23.2 Å². The van der Waals surface area contributed by atoms with Crippen LogP contribution in [0.15, 0.2) is 36.4 Å². The largest absolute Gasteiger partial charge is 0.475 e. The highest BCUT2D eigenvalue weighted by Gasteiger charge is 2.29. The number of amides is 1. The van der Waals surface area contributed by atoms with E-state index in [9.17, 15) is 19.2 Å². The first-order chi connectivity index (χ1) is 13.6. The molecule has 1 heterocycles. The number of aromatic nitrogens is 1. The van der Waals surface area contributed by atoms with Gasteiger partial charge in [-0.05, 0) is 31.2 Å². The molecular formula is C20H14Cl2N2O5. The monoisotopic (exact) mass is 432 g/mol. The van der Waals surface area contributed by atoms with Gasteiger partial charge in [0.1, 0.15) is 0 Å². The minimum Gasteiger partial charge on any atom is -0.475 e. The average Bonchev–Trinajstić information content (AvgIpc) is 2.94. The number of hydrogen-bond donors (Lipinski definition) is 2. The Morgan fingerprint density at radius 2 is 1.59 bits per heavy atom. The highest BCUT2D eigenvalue weighted by Crippen LogP contribution is 2.33. The molecule has 0 saturated heterocycles. The summed E-state index contributed by atoms with van der Waals surface area (Å²) in [6.07, 6.45) is 0. The number of fused-ring (bicyclic) bond motifs is 1. The summed E-state index contributed by atoms with van der Waals surface area (Å²) >= 11 is 12.5. The Labute approximate surface area is 174 Å². The maximum absolute atomic E-state index is 12.5. The summed E-state index contributed by atoms with van der Waals surface area (Å²) in [5.41, 5.74) is 6.10. The van der Waals surface area contributed by atoms with Crippen LogP contribution in [0.5, 0.6) is 0 Å². The van der Waals surface area contributed by atoms with Gasteiger partial charge in [-0.2, -0.15) is 0 Å². The molecule has 148 valence electrons. The highest BCUT2D eigenvalue weighted by atomic mass is 35.5. The molecular weight excluding hydrogens is 419 g/mol. The number of ketones is 2. The summed E-state index contributed by atoms with van der Waals surface area (Å²) in [5, 5.41) is 9.97. The summed E-state index contributed by atoms with van der Waals surface area (Å²) in [7, 11) is 0. The van der Waals surface area contributed by atoms with Crippen LogP contribution in [-0.4, -0.2) is 33.1 Å². The quantitative estimate of drug-likeness (QED) is 0.457. The van der Waals surface area contributed by atoms with Crippen molar-refractivity contribution in [1.82, 2.24) is 4.57 Å². The molecule has 0 unspecified atom stereocenters. The number of rotatable bonds is 6. The molecule has 3 aromatic rings. The molecule has 9 heteroatoms. The Kier molecular flexibility index (Phi) is 5.46. The number of carboxylic acid groups (broad SMARTS) is 1. The maximum atomic E-state index is 12.5. The molecule has 3 rings (SSSR count). The van der Waals surface area contributed by atoms with Gasteiger partial charge in [-0.25, -0.2) is 4.79 Å². The fraction of sp³-hybridized carbons (Fsp3) is 0.100. The summed E-state index contributed by atoms with van der Waals surface area (Å²) in [4.78, 5) is 47.6. The molecule has 3 N–H and O–H groups in total. The van der Waals surface area contributed by atoms with Gasteiger partial charge in [0, 0.05) is 32.3 Å². The number of Topliss-reactive ketones (excluding diaryl/α,β-unsaturated/α-hetero) is 2. The number of benzene rings is 2. The van der Waals surface area contributed by atoms with Crippen LogP contribution in [0.2, 0.25) is 10.0 Å². The van der Waals surface area contributed by atoms with Gasteiger partial charge in [-0.3, -0.25) is 14.4 Å². The number of halogens is 2. The van der Waals surface area contributed by atoms with Gasteiger partial charge in [0.15, 0.2) is 0 Å².